The summed E-state index contributed by atoms with van der Waals surface area (Å²) in [7, 11) is 3.02. The van der Waals surface area contributed by atoms with Crippen molar-refractivity contribution in [3.63, 3.8) is 0 Å². The molecule has 12 heteroatoms. The first-order valence-corrected chi connectivity index (χ1v) is 11.0. The molecule has 0 spiro atoms. The lowest BCUT2D eigenvalue weighted by atomic mass is 10.0. The number of pyridine rings is 1. The Balaban J connectivity index is 1.37. The molecular weight excluding hydrogens is 476 g/mol. The maximum absolute atomic E-state index is 12.8. The number of carbonyl (C=O) groups is 2. The molecule has 4 rings (SSSR count). The van der Waals surface area contributed by atoms with Crippen molar-refractivity contribution in [2.45, 2.75) is 26.0 Å². The minimum Gasteiger partial charge on any atom is -0.496 e. The highest BCUT2D eigenvalue weighted by Gasteiger charge is 2.31. The quantitative estimate of drug-likeness (QED) is 0.488. The molecule has 0 saturated carbocycles. The van der Waals surface area contributed by atoms with E-state index in [2.05, 4.69) is 25.9 Å². The van der Waals surface area contributed by atoms with Gasteiger partial charge in [0.15, 0.2) is 5.82 Å². The van der Waals surface area contributed by atoms with Gasteiger partial charge in [-0.25, -0.2) is 0 Å². The molecule has 0 fully saturated rings. The van der Waals surface area contributed by atoms with Gasteiger partial charge in [0.2, 0.25) is 12.0 Å². The summed E-state index contributed by atoms with van der Waals surface area (Å²) >= 11 is 6.24. The number of aryl methyl sites for hydroxylation is 1. The number of amides is 2. The van der Waals surface area contributed by atoms with Gasteiger partial charge in [-0.3, -0.25) is 19.3 Å². The number of nitrogens with one attached hydrogen (secondary N) is 2. The number of aromatic nitrogens is 3. The molecule has 182 valence electrons. The van der Waals surface area contributed by atoms with E-state index >= 15 is 0 Å². The van der Waals surface area contributed by atoms with Crippen LogP contribution in [0.5, 0.6) is 11.5 Å². The van der Waals surface area contributed by atoms with Gasteiger partial charge in [-0.15, -0.1) is 0 Å². The van der Waals surface area contributed by atoms with E-state index in [4.69, 9.17) is 25.9 Å². The smallest absolute Gasteiger partial charge is 0.269 e. The summed E-state index contributed by atoms with van der Waals surface area (Å²) in [4.78, 5) is 34.4. The largest absolute Gasteiger partial charge is 0.496 e. The lowest BCUT2D eigenvalue weighted by molar-refractivity contribution is -0.125. The van der Waals surface area contributed by atoms with Crippen LogP contribution in [-0.2, 0) is 21.0 Å². The topological polar surface area (TPSA) is 129 Å². The monoisotopic (exact) mass is 498 g/mol. The minimum atomic E-state index is -0.866. The predicted molar refractivity (Wildman–Crippen MR) is 129 cm³/mol. The zero-order valence-electron chi connectivity index (χ0n) is 19.2. The summed E-state index contributed by atoms with van der Waals surface area (Å²) in [6.07, 6.45) is 2.51. The number of rotatable bonds is 8. The van der Waals surface area contributed by atoms with Gasteiger partial charge in [-0.1, -0.05) is 16.8 Å². The first-order valence-electron chi connectivity index (χ1n) is 10.6. The number of benzene rings is 1. The van der Waals surface area contributed by atoms with Gasteiger partial charge in [0.05, 0.1) is 36.8 Å². The first-order chi connectivity index (χ1) is 16.9. The number of hydrogen-bond donors (Lipinski definition) is 2. The van der Waals surface area contributed by atoms with Crippen molar-refractivity contribution >= 4 is 40.6 Å². The standard InChI is InChI=1S/C23H23ClN6O5/c1-13-7-21(28-30(13)12-22(31)26-14-5-4-6-25-11-14)27-23(32)20-9-17(29-35-20)15-8-16(24)19(34-3)10-18(15)33-2/h4-8,10-11,20H,9,12H2,1-3H3,(H,26,31)(H,27,28,32)/t20-/m1/s1. The van der Waals surface area contributed by atoms with Gasteiger partial charge in [0.1, 0.15) is 18.0 Å². The van der Waals surface area contributed by atoms with E-state index in [1.165, 1.54) is 18.9 Å². The molecule has 1 atom stereocenters. The maximum atomic E-state index is 12.8. The van der Waals surface area contributed by atoms with Crippen LogP contribution in [0.25, 0.3) is 0 Å². The zero-order chi connectivity index (χ0) is 24.9. The van der Waals surface area contributed by atoms with E-state index in [1.807, 2.05) is 0 Å². The van der Waals surface area contributed by atoms with Crippen LogP contribution in [0.4, 0.5) is 11.5 Å². The Morgan fingerprint density at radius 3 is 2.71 bits per heavy atom. The molecule has 0 aliphatic carbocycles. The molecule has 1 aliphatic rings. The Kier molecular flexibility index (Phi) is 7.16. The van der Waals surface area contributed by atoms with E-state index < -0.39 is 12.0 Å². The third-order valence-corrected chi connectivity index (χ3v) is 5.51. The van der Waals surface area contributed by atoms with Crippen LogP contribution in [0.1, 0.15) is 17.7 Å². The molecule has 0 saturated heterocycles. The Labute approximate surface area is 206 Å². The summed E-state index contributed by atoms with van der Waals surface area (Å²) in [5.41, 5.74) is 2.40. The lowest BCUT2D eigenvalue weighted by Crippen LogP contribution is -2.28. The van der Waals surface area contributed by atoms with Crippen molar-refractivity contribution in [2.75, 3.05) is 24.9 Å². The van der Waals surface area contributed by atoms with Crippen LogP contribution in [0.15, 0.2) is 47.9 Å². The van der Waals surface area contributed by atoms with E-state index in [0.717, 1.165) is 0 Å². The van der Waals surface area contributed by atoms with Crippen LogP contribution in [0, 0.1) is 6.92 Å². The summed E-state index contributed by atoms with van der Waals surface area (Å²) < 4.78 is 12.1. The fourth-order valence-electron chi connectivity index (χ4n) is 3.47. The Hall–Kier alpha value is -4.12. The van der Waals surface area contributed by atoms with Crippen molar-refractivity contribution < 1.29 is 23.9 Å². The molecule has 2 N–H and O–H groups in total. The van der Waals surface area contributed by atoms with Crippen LogP contribution in [-0.4, -0.2) is 52.6 Å². The molecule has 11 nitrogen and oxygen atoms in total. The van der Waals surface area contributed by atoms with Gasteiger partial charge < -0.3 is 24.9 Å². The molecule has 3 heterocycles. The van der Waals surface area contributed by atoms with Crippen molar-refractivity contribution in [2.24, 2.45) is 5.16 Å². The first kappa shape index (κ1) is 24.0. The SMILES string of the molecule is COc1cc(OC)c(C2=NO[C@@H](C(=O)Nc3cc(C)n(CC(=O)Nc4cccnc4)n3)C2)cc1Cl. The molecule has 1 aliphatic heterocycles. The lowest BCUT2D eigenvalue weighted by Gasteiger charge is -2.11. The number of anilines is 2. The molecular formula is C23H23ClN6O5. The second-order valence-electron chi connectivity index (χ2n) is 7.63. The van der Waals surface area contributed by atoms with Gasteiger partial charge in [0.25, 0.3) is 5.91 Å². The molecule has 0 bridgehead atoms. The number of oxime groups is 1. The van der Waals surface area contributed by atoms with E-state index in [9.17, 15) is 9.59 Å². The fourth-order valence-corrected chi connectivity index (χ4v) is 3.71. The molecule has 2 amide bonds. The van der Waals surface area contributed by atoms with Crippen molar-refractivity contribution in [1.82, 2.24) is 14.8 Å². The van der Waals surface area contributed by atoms with E-state index in [1.54, 1.807) is 49.6 Å². The minimum absolute atomic E-state index is 0.0260. The average Bonchev–Trinajstić information content (AvgIpc) is 3.46. The highest BCUT2D eigenvalue weighted by Crippen LogP contribution is 2.34. The third kappa shape index (κ3) is 5.52. The van der Waals surface area contributed by atoms with Crippen molar-refractivity contribution in [3.05, 3.63) is 59.0 Å². The van der Waals surface area contributed by atoms with Crippen LogP contribution >= 0.6 is 11.6 Å². The molecule has 2 aromatic heterocycles. The molecule has 35 heavy (non-hydrogen) atoms. The van der Waals surface area contributed by atoms with Crippen LogP contribution in [0.3, 0.4) is 0 Å². The number of hydrogen-bond acceptors (Lipinski definition) is 8. The summed E-state index contributed by atoms with van der Waals surface area (Å²) in [5.74, 6) is 0.552. The number of methoxy groups -OCH3 is 2. The Morgan fingerprint density at radius 2 is 2.00 bits per heavy atom. The van der Waals surface area contributed by atoms with Crippen LogP contribution < -0.4 is 20.1 Å². The van der Waals surface area contributed by atoms with Gasteiger partial charge in [-0.05, 0) is 25.1 Å². The normalized spacial score (nSPS) is 14.6. The van der Waals surface area contributed by atoms with Crippen LogP contribution in [0.2, 0.25) is 5.02 Å². The van der Waals surface area contributed by atoms with Gasteiger partial charge in [0, 0.05) is 36.0 Å². The second-order valence-corrected chi connectivity index (χ2v) is 8.04. The Morgan fingerprint density at radius 1 is 1.20 bits per heavy atom. The van der Waals surface area contributed by atoms with Crippen molar-refractivity contribution in [3.8, 4) is 11.5 Å². The predicted octanol–water partition coefficient (Wildman–Crippen LogP) is 3.03. The maximum Gasteiger partial charge on any atom is 0.269 e. The zero-order valence-corrected chi connectivity index (χ0v) is 20.0. The number of halogens is 1. The number of ether oxygens (including phenoxy) is 2. The molecule has 0 unspecified atom stereocenters. The molecule has 0 radical (unpaired) electrons. The third-order valence-electron chi connectivity index (χ3n) is 5.22. The highest BCUT2D eigenvalue weighted by molar-refractivity contribution is 6.32. The average molecular weight is 499 g/mol. The van der Waals surface area contributed by atoms with E-state index in [0.29, 0.717) is 45.0 Å². The summed E-state index contributed by atoms with van der Waals surface area (Å²) in [6.45, 7) is 1.76. The Bertz CT molecular complexity index is 1280. The summed E-state index contributed by atoms with van der Waals surface area (Å²) in [6, 6.07) is 8.43. The van der Waals surface area contributed by atoms with Gasteiger partial charge >= 0.3 is 0 Å². The second kappa shape index (κ2) is 10.4. The van der Waals surface area contributed by atoms with Gasteiger partial charge in [-0.2, -0.15) is 5.10 Å². The summed E-state index contributed by atoms with van der Waals surface area (Å²) in [5, 5.41) is 14.2. The van der Waals surface area contributed by atoms with Crippen molar-refractivity contribution in [1.29, 1.82) is 0 Å². The fraction of sp³-hybridized carbons (Fsp3) is 0.261. The van der Waals surface area contributed by atoms with E-state index in [-0.39, 0.29) is 18.9 Å². The molecule has 3 aromatic rings. The molecule has 1 aromatic carbocycles. The number of nitrogens with zero attached hydrogens (tertiary/aromatic N) is 4. The highest BCUT2D eigenvalue weighted by atomic mass is 35.5. The number of carbonyl (C=O) groups excluding carboxylic acids is 2.